The summed E-state index contributed by atoms with van der Waals surface area (Å²) in [6, 6.07) is 3.18. The molecule has 3 rings (SSSR count). The number of carbonyl (C=O) groups excluding carboxylic acids is 2. The highest BCUT2D eigenvalue weighted by atomic mass is 35.5. The smallest absolute Gasteiger partial charge is 0.230 e. The van der Waals surface area contributed by atoms with Gasteiger partial charge in [0.15, 0.2) is 5.13 Å². The largest absolute Gasteiger partial charge is 0.495 e. The van der Waals surface area contributed by atoms with Gasteiger partial charge >= 0.3 is 0 Å². The number of carbonyl (C=O) groups is 2. The number of nitrogens with one attached hydrogen (secondary N) is 1. The van der Waals surface area contributed by atoms with Gasteiger partial charge in [-0.3, -0.25) is 14.5 Å². The molecule has 0 radical (unpaired) electrons. The molecule has 0 aliphatic carbocycles. The molecule has 1 saturated heterocycles. The van der Waals surface area contributed by atoms with Gasteiger partial charge in [-0.25, -0.2) is 4.98 Å². The van der Waals surface area contributed by atoms with Gasteiger partial charge in [-0.1, -0.05) is 11.6 Å². The summed E-state index contributed by atoms with van der Waals surface area (Å²) >= 11 is 7.48. The Morgan fingerprint density at radius 2 is 2.12 bits per heavy atom. The van der Waals surface area contributed by atoms with Crippen LogP contribution in [0.1, 0.15) is 18.5 Å². The van der Waals surface area contributed by atoms with Crippen LogP contribution in [0.3, 0.4) is 0 Å². The topological polar surface area (TPSA) is 80.8 Å². The molecule has 9 heteroatoms. The summed E-state index contributed by atoms with van der Waals surface area (Å²) in [5.74, 6) is 0.726. The van der Waals surface area contributed by atoms with Crippen LogP contribution >= 0.6 is 22.9 Å². The van der Waals surface area contributed by atoms with Crippen LogP contribution in [0, 0.1) is 0 Å². The quantitative estimate of drug-likeness (QED) is 0.812. The number of methoxy groups -OCH3 is 2. The summed E-state index contributed by atoms with van der Waals surface area (Å²) in [6.07, 6.45) is 1.48. The molecule has 1 N–H and O–H groups in total. The maximum atomic E-state index is 12.4. The second kappa shape index (κ2) is 7.92. The van der Waals surface area contributed by atoms with Crippen LogP contribution in [-0.2, 0) is 16.0 Å². The fraction of sp³-hybridized carbons (Fsp3) is 0.353. The van der Waals surface area contributed by atoms with Gasteiger partial charge in [-0.05, 0) is 12.5 Å². The molecule has 2 heterocycles. The number of aromatic nitrogens is 1. The highest BCUT2D eigenvalue weighted by Gasteiger charge is 2.24. The van der Waals surface area contributed by atoms with E-state index >= 15 is 0 Å². The van der Waals surface area contributed by atoms with Gasteiger partial charge in [0.2, 0.25) is 11.8 Å². The molecule has 0 saturated carbocycles. The zero-order valence-corrected chi connectivity index (χ0v) is 15.9. The predicted octanol–water partition coefficient (Wildman–Crippen LogP) is 3.12. The van der Waals surface area contributed by atoms with Crippen LogP contribution in [0.25, 0.3) is 0 Å². The minimum atomic E-state index is -0.255. The average Bonchev–Trinajstić information content (AvgIpc) is 3.23. The van der Waals surface area contributed by atoms with E-state index in [2.05, 4.69) is 10.3 Å². The molecule has 1 aliphatic heterocycles. The number of ether oxygens (including phenoxy) is 2. The first-order valence-electron chi connectivity index (χ1n) is 7.98. The van der Waals surface area contributed by atoms with Crippen molar-refractivity contribution >= 4 is 45.6 Å². The lowest BCUT2D eigenvalue weighted by molar-refractivity contribution is -0.117. The molecule has 0 unspecified atom stereocenters. The number of rotatable bonds is 6. The van der Waals surface area contributed by atoms with Gasteiger partial charge in [-0.2, -0.15) is 0 Å². The number of halogens is 1. The number of anilines is 2. The second-order valence-corrected chi connectivity index (χ2v) is 6.93. The Labute approximate surface area is 159 Å². The minimum absolute atomic E-state index is 0.0768. The van der Waals surface area contributed by atoms with Crippen LogP contribution in [-0.4, -0.2) is 37.6 Å². The van der Waals surface area contributed by atoms with E-state index in [1.54, 1.807) is 22.4 Å². The molecule has 0 bridgehead atoms. The molecule has 7 nitrogen and oxygen atoms in total. The van der Waals surface area contributed by atoms with Crippen molar-refractivity contribution < 1.29 is 19.1 Å². The molecule has 26 heavy (non-hydrogen) atoms. The highest BCUT2D eigenvalue weighted by Crippen LogP contribution is 2.36. The van der Waals surface area contributed by atoms with Crippen LogP contribution in [0.4, 0.5) is 10.8 Å². The van der Waals surface area contributed by atoms with Crippen LogP contribution < -0.4 is 19.7 Å². The predicted molar refractivity (Wildman–Crippen MR) is 101 cm³/mol. The lowest BCUT2D eigenvalue weighted by Crippen LogP contribution is -2.23. The van der Waals surface area contributed by atoms with Crippen molar-refractivity contribution in [3.8, 4) is 11.5 Å². The summed E-state index contributed by atoms with van der Waals surface area (Å²) in [7, 11) is 3.00. The molecule has 1 aromatic heterocycles. The van der Waals surface area contributed by atoms with E-state index in [9.17, 15) is 9.59 Å². The van der Waals surface area contributed by atoms with E-state index in [0.29, 0.717) is 46.0 Å². The molecular weight excluding hydrogens is 378 g/mol. The molecule has 0 spiro atoms. The number of benzene rings is 1. The number of hydrogen-bond donors (Lipinski definition) is 1. The lowest BCUT2D eigenvalue weighted by Gasteiger charge is -2.13. The zero-order chi connectivity index (χ0) is 18.7. The first-order valence-corrected chi connectivity index (χ1v) is 9.23. The summed E-state index contributed by atoms with van der Waals surface area (Å²) < 4.78 is 10.4. The molecule has 2 amide bonds. The van der Waals surface area contributed by atoms with Crippen LogP contribution in [0.5, 0.6) is 11.5 Å². The van der Waals surface area contributed by atoms with Gasteiger partial charge in [0.05, 0.1) is 37.0 Å². The van der Waals surface area contributed by atoms with Crippen molar-refractivity contribution in [1.82, 2.24) is 4.98 Å². The Kier molecular flexibility index (Phi) is 5.63. The summed E-state index contributed by atoms with van der Waals surface area (Å²) in [6.45, 7) is 0.680. The maximum Gasteiger partial charge on any atom is 0.230 e. The molecule has 0 atom stereocenters. The van der Waals surface area contributed by atoms with Crippen LogP contribution in [0.2, 0.25) is 5.02 Å². The lowest BCUT2D eigenvalue weighted by atomic mass is 10.2. The Hall–Kier alpha value is -2.32. The van der Waals surface area contributed by atoms with Gasteiger partial charge in [0, 0.05) is 24.4 Å². The number of amides is 2. The zero-order valence-electron chi connectivity index (χ0n) is 14.4. The van der Waals surface area contributed by atoms with Crippen LogP contribution in [0.15, 0.2) is 17.5 Å². The monoisotopic (exact) mass is 395 g/mol. The average molecular weight is 396 g/mol. The van der Waals surface area contributed by atoms with Gasteiger partial charge in [0.25, 0.3) is 0 Å². The molecule has 1 fully saturated rings. The van der Waals surface area contributed by atoms with E-state index < -0.39 is 0 Å². The standard InChI is InChI=1S/C17H18ClN3O4S/c1-24-13-8-14(25-2)12(7-11(13)18)20-15(22)6-10-9-26-17(19-10)21-5-3-4-16(21)23/h7-9H,3-6H2,1-2H3,(H,20,22). The molecule has 138 valence electrons. The molecular formula is C17H18ClN3O4S. The Bertz CT molecular complexity index is 839. The summed E-state index contributed by atoms with van der Waals surface area (Å²) in [4.78, 5) is 30.2. The van der Waals surface area contributed by atoms with Crippen molar-refractivity contribution in [2.75, 3.05) is 31.0 Å². The van der Waals surface area contributed by atoms with Crippen molar-refractivity contribution in [3.63, 3.8) is 0 Å². The normalized spacial score (nSPS) is 13.8. The number of nitrogens with zero attached hydrogens (tertiary/aromatic N) is 2. The first-order chi connectivity index (χ1) is 12.5. The molecule has 1 aliphatic rings. The minimum Gasteiger partial charge on any atom is -0.495 e. The van der Waals surface area contributed by atoms with E-state index in [1.165, 1.54) is 25.6 Å². The Morgan fingerprint density at radius 3 is 2.77 bits per heavy atom. The fourth-order valence-electron chi connectivity index (χ4n) is 2.67. The maximum absolute atomic E-state index is 12.4. The van der Waals surface area contributed by atoms with E-state index in [4.69, 9.17) is 21.1 Å². The molecule has 1 aromatic carbocycles. The van der Waals surface area contributed by atoms with Crippen molar-refractivity contribution in [2.45, 2.75) is 19.3 Å². The van der Waals surface area contributed by atoms with E-state index in [0.717, 1.165) is 6.42 Å². The Balaban J connectivity index is 1.69. The van der Waals surface area contributed by atoms with E-state index in [-0.39, 0.29) is 18.2 Å². The highest BCUT2D eigenvalue weighted by molar-refractivity contribution is 7.14. The molecule has 2 aromatic rings. The summed E-state index contributed by atoms with van der Waals surface area (Å²) in [5.41, 5.74) is 1.06. The van der Waals surface area contributed by atoms with Gasteiger partial charge < -0.3 is 14.8 Å². The third-order valence-corrected chi connectivity index (χ3v) is 5.14. The number of hydrogen-bond acceptors (Lipinski definition) is 6. The third kappa shape index (κ3) is 3.91. The fourth-order valence-corrected chi connectivity index (χ4v) is 3.78. The first kappa shape index (κ1) is 18.5. The summed E-state index contributed by atoms with van der Waals surface area (Å²) in [5, 5.41) is 5.57. The SMILES string of the molecule is COc1cc(OC)c(NC(=O)Cc2csc(N3CCCC3=O)n2)cc1Cl. The van der Waals surface area contributed by atoms with Crippen molar-refractivity contribution in [1.29, 1.82) is 0 Å². The third-order valence-electron chi connectivity index (χ3n) is 3.93. The van der Waals surface area contributed by atoms with Crippen molar-refractivity contribution in [2.24, 2.45) is 0 Å². The Morgan fingerprint density at radius 1 is 1.35 bits per heavy atom. The number of thiazole rings is 1. The van der Waals surface area contributed by atoms with Gasteiger partial charge in [-0.15, -0.1) is 11.3 Å². The van der Waals surface area contributed by atoms with Gasteiger partial charge in [0.1, 0.15) is 11.5 Å². The second-order valence-electron chi connectivity index (χ2n) is 5.68. The van der Waals surface area contributed by atoms with Crippen molar-refractivity contribution in [3.05, 3.63) is 28.2 Å². The van der Waals surface area contributed by atoms with E-state index in [1.807, 2.05) is 0 Å².